The molecule has 11 atom stereocenters. The fraction of sp³-hybridized carbons (Fsp3) is 0.619. The van der Waals surface area contributed by atoms with Gasteiger partial charge in [-0.05, 0) is 91.3 Å². The van der Waals surface area contributed by atoms with Gasteiger partial charge in [-0.2, -0.15) is 0 Å². The number of allylic oxidation sites excluding steroid dienone is 1. The van der Waals surface area contributed by atoms with Crippen molar-refractivity contribution in [1.82, 2.24) is 14.5 Å². The Morgan fingerprint density at radius 2 is 1.71 bits per heavy atom. The van der Waals surface area contributed by atoms with E-state index in [1.54, 1.807) is 71.0 Å². The number of hydrogen-bond donors (Lipinski definition) is 0. The van der Waals surface area contributed by atoms with E-state index in [1.165, 1.54) is 32.8 Å². The van der Waals surface area contributed by atoms with Crippen molar-refractivity contribution in [2.24, 2.45) is 17.8 Å². The third-order valence-corrected chi connectivity index (χ3v) is 11.1. The molecule has 0 bridgehead atoms. The molecule has 0 amide bonds. The molecule has 2 aliphatic rings. The van der Waals surface area contributed by atoms with E-state index in [0.717, 1.165) is 4.57 Å². The molecule has 0 saturated carbocycles. The van der Waals surface area contributed by atoms with Gasteiger partial charge in [0.15, 0.2) is 29.6 Å². The van der Waals surface area contributed by atoms with E-state index in [4.69, 9.17) is 28.4 Å². The summed E-state index contributed by atoms with van der Waals surface area (Å²) < 4.78 is 38.7. The number of nitrogens with zero attached hydrogens (tertiary/aromatic N) is 3. The van der Waals surface area contributed by atoms with Crippen molar-refractivity contribution < 1.29 is 52.4 Å². The number of ether oxygens (including phenoxy) is 6. The highest BCUT2D eigenvalue weighted by molar-refractivity contribution is 6.00. The van der Waals surface area contributed by atoms with E-state index in [9.17, 15) is 24.0 Å². The van der Waals surface area contributed by atoms with Crippen LogP contribution < -0.4 is 0 Å². The Labute approximate surface area is 330 Å². The number of aromatic nitrogens is 2. The summed E-state index contributed by atoms with van der Waals surface area (Å²) in [5, 5.41) is 0. The summed E-state index contributed by atoms with van der Waals surface area (Å²) >= 11 is 0. The maximum absolute atomic E-state index is 14.5. The summed E-state index contributed by atoms with van der Waals surface area (Å²) in [4.78, 5) is 75.4. The standard InChI is InChI=1S/C42H59N3O11/c1-12-29-23-41(7,56-40(50)45-20-19-43-24-45)32(13-2)53-37(48)28(6)34(47)27(5)36(42(8,51-11)22-25(3)33(29)46)55-39-35(31(44(9)10)21-26(4)52-39)54-38(49)30-17-15-14-16-18-30/h14-20,23-28,31-32,35-36,39H,12-13,21-22H2,1-11H3/b29-23+/t25-,26-,27+,28-,31+,32-,35-,36-,39?,41+,42+/m1/s1. The van der Waals surface area contributed by atoms with Crippen LogP contribution in [0.5, 0.6) is 0 Å². The Hall–Kier alpha value is -4.24. The second kappa shape index (κ2) is 18.8. The van der Waals surface area contributed by atoms with Crippen LogP contribution in [0.25, 0.3) is 0 Å². The van der Waals surface area contributed by atoms with Gasteiger partial charge in [-0.3, -0.25) is 14.4 Å². The van der Waals surface area contributed by atoms with Gasteiger partial charge in [0.2, 0.25) is 0 Å². The minimum absolute atomic E-state index is 0.0807. The van der Waals surface area contributed by atoms with Crippen molar-refractivity contribution in [2.45, 2.75) is 129 Å². The number of esters is 2. The first-order valence-electron chi connectivity index (χ1n) is 19.4. The van der Waals surface area contributed by atoms with Crippen molar-refractivity contribution in [3.05, 3.63) is 66.3 Å². The lowest BCUT2D eigenvalue weighted by atomic mass is 9.76. The highest BCUT2D eigenvalue weighted by Gasteiger charge is 2.51. The van der Waals surface area contributed by atoms with Gasteiger partial charge in [0.1, 0.15) is 18.3 Å². The summed E-state index contributed by atoms with van der Waals surface area (Å²) in [6.07, 6.45) is 1.33. The Bertz CT molecular complexity index is 1710. The number of Topliss-reactive ketones (excluding diaryl/α,β-unsaturated/α-hetero) is 2. The number of carbonyl (C=O) groups is 5. The maximum Gasteiger partial charge on any atom is 0.420 e. The van der Waals surface area contributed by atoms with Crippen LogP contribution in [0.3, 0.4) is 0 Å². The molecular weight excluding hydrogens is 722 g/mol. The predicted octanol–water partition coefficient (Wildman–Crippen LogP) is 5.82. The van der Waals surface area contributed by atoms with Crippen molar-refractivity contribution in [3.63, 3.8) is 0 Å². The average Bonchev–Trinajstić information content (AvgIpc) is 3.73. The molecule has 0 N–H and O–H groups in total. The van der Waals surface area contributed by atoms with Gasteiger partial charge in [0, 0.05) is 31.3 Å². The normalized spacial score (nSPS) is 34.5. The summed E-state index contributed by atoms with van der Waals surface area (Å²) in [6.45, 7) is 13.6. The summed E-state index contributed by atoms with van der Waals surface area (Å²) in [6, 6.07) is 8.26. The summed E-state index contributed by atoms with van der Waals surface area (Å²) in [5.41, 5.74) is -2.23. The maximum atomic E-state index is 14.5. The molecule has 0 spiro atoms. The quantitative estimate of drug-likeness (QED) is 0.170. The number of ketones is 2. The topological polar surface area (TPSA) is 162 Å². The first kappa shape index (κ1) is 44.5. The van der Waals surface area contributed by atoms with Crippen molar-refractivity contribution in [2.75, 3.05) is 21.2 Å². The Kier molecular flexibility index (Phi) is 14.9. The average molecular weight is 782 g/mol. The molecule has 1 saturated heterocycles. The molecule has 2 aliphatic heterocycles. The summed E-state index contributed by atoms with van der Waals surface area (Å²) in [7, 11) is 5.23. The molecule has 1 fully saturated rings. The van der Waals surface area contributed by atoms with E-state index in [0.29, 0.717) is 17.6 Å². The Balaban J connectivity index is 1.80. The molecular formula is C42H59N3O11. The molecule has 14 heteroatoms. The van der Waals surface area contributed by atoms with Gasteiger partial charge in [-0.15, -0.1) is 0 Å². The number of imidazole rings is 1. The SMILES string of the molecule is CC/C1=C\[C@](C)(OC(=O)n2ccnc2)[C@@H](CC)OC(=O)[C@H](C)C(=O)[C@H](C)[C@@H](OC2O[C@H](C)C[C@H](N(C)C)[C@H]2OC(=O)c2ccccc2)[C@@](C)(OC)C[C@@H](C)C1=O. The van der Waals surface area contributed by atoms with E-state index >= 15 is 0 Å². The highest BCUT2D eigenvalue weighted by Crippen LogP contribution is 2.38. The predicted molar refractivity (Wildman–Crippen MR) is 206 cm³/mol. The number of cyclic esters (lactones) is 1. The second-order valence-corrected chi connectivity index (χ2v) is 15.7. The lowest BCUT2D eigenvalue weighted by Crippen LogP contribution is -2.60. The molecule has 1 aromatic carbocycles. The van der Waals surface area contributed by atoms with E-state index < -0.39 is 77.4 Å². The van der Waals surface area contributed by atoms with Crippen LogP contribution in [0.1, 0.15) is 91.4 Å². The third kappa shape index (κ3) is 10.0. The third-order valence-electron chi connectivity index (χ3n) is 11.1. The van der Waals surface area contributed by atoms with E-state index in [2.05, 4.69) is 4.98 Å². The monoisotopic (exact) mass is 781 g/mol. The van der Waals surface area contributed by atoms with Crippen LogP contribution >= 0.6 is 0 Å². The lowest BCUT2D eigenvalue weighted by Gasteiger charge is -2.47. The molecule has 4 rings (SSSR count). The zero-order chi connectivity index (χ0) is 41.5. The van der Waals surface area contributed by atoms with Gasteiger partial charge in [0.25, 0.3) is 0 Å². The number of methoxy groups -OCH3 is 1. The van der Waals surface area contributed by atoms with Crippen LogP contribution in [0.15, 0.2) is 60.7 Å². The first-order valence-corrected chi connectivity index (χ1v) is 19.4. The number of carbonyl (C=O) groups excluding carboxylic acids is 5. The van der Waals surface area contributed by atoms with Gasteiger partial charge in [-0.25, -0.2) is 19.1 Å². The van der Waals surface area contributed by atoms with Crippen molar-refractivity contribution in [3.8, 4) is 0 Å². The number of benzene rings is 1. The smallest absolute Gasteiger partial charge is 0.420 e. The Morgan fingerprint density at radius 1 is 1.04 bits per heavy atom. The zero-order valence-electron chi connectivity index (χ0n) is 34.6. The van der Waals surface area contributed by atoms with Crippen LogP contribution in [0.4, 0.5) is 4.79 Å². The van der Waals surface area contributed by atoms with Gasteiger partial charge in [0.05, 0.1) is 29.4 Å². The van der Waals surface area contributed by atoms with E-state index in [1.807, 2.05) is 32.8 Å². The molecule has 14 nitrogen and oxygen atoms in total. The first-order chi connectivity index (χ1) is 26.4. The molecule has 0 radical (unpaired) electrons. The minimum atomic E-state index is -1.61. The molecule has 56 heavy (non-hydrogen) atoms. The van der Waals surface area contributed by atoms with Crippen LogP contribution in [-0.2, 0) is 42.8 Å². The molecule has 3 heterocycles. The Morgan fingerprint density at radius 3 is 2.29 bits per heavy atom. The molecule has 1 unspecified atom stereocenters. The van der Waals surface area contributed by atoms with Crippen LogP contribution in [0.2, 0.25) is 0 Å². The number of hydrogen-bond acceptors (Lipinski definition) is 13. The minimum Gasteiger partial charge on any atom is -0.457 e. The molecule has 2 aromatic rings. The largest absolute Gasteiger partial charge is 0.457 e. The van der Waals surface area contributed by atoms with Crippen LogP contribution in [0, 0.1) is 17.8 Å². The highest BCUT2D eigenvalue weighted by atomic mass is 16.7. The number of rotatable bonds is 9. The van der Waals surface area contributed by atoms with E-state index in [-0.39, 0.29) is 37.2 Å². The van der Waals surface area contributed by atoms with Crippen molar-refractivity contribution >= 4 is 29.6 Å². The second-order valence-electron chi connectivity index (χ2n) is 15.7. The van der Waals surface area contributed by atoms with Gasteiger partial charge < -0.3 is 33.3 Å². The molecule has 0 aliphatic carbocycles. The zero-order valence-corrected chi connectivity index (χ0v) is 34.6. The lowest BCUT2D eigenvalue weighted by molar-refractivity contribution is -0.294. The van der Waals surface area contributed by atoms with Gasteiger partial charge in [-0.1, -0.05) is 45.9 Å². The fourth-order valence-corrected chi connectivity index (χ4v) is 7.80. The van der Waals surface area contributed by atoms with Gasteiger partial charge >= 0.3 is 18.0 Å². The summed E-state index contributed by atoms with van der Waals surface area (Å²) in [5.74, 6) is -5.18. The fourth-order valence-electron chi connectivity index (χ4n) is 7.80. The van der Waals surface area contributed by atoms with Crippen LogP contribution in [-0.4, -0.2) is 113 Å². The molecule has 308 valence electrons. The molecule has 1 aromatic heterocycles. The number of likely N-dealkylation sites (N-methyl/N-ethyl adjacent to an activating group) is 1. The van der Waals surface area contributed by atoms with Crippen molar-refractivity contribution in [1.29, 1.82) is 0 Å².